The Morgan fingerprint density at radius 3 is 2.95 bits per heavy atom. The topological polar surface area (TPSA) is 41.1 Å². The SMILES string of the molecule is CCNc1nnc(CN2CCC[C@H]3CCCC[C@H]32)s1. The Hall–Kier alpha value is -0.680. The lowest BCUT2D eigenvalue weighted by Gasteiger charge is -2.43. The lowest BCUT2D eigenvalue weighted by Crippen LogP contribution is -2.46. The van der Waals surface area contributed by atoms with Crippen molar-refractivity contribution in [3.63, 3.8) is 0 Å². The van der Waals surface area contributed by atoms with Crippen molar-refractivity contribution in [2.24, 2.45) is 5.92 Å². The molecule has 2 heterocycles. The van der Waals surface area contributed by atoms with Crippen LogP contribution >= 0.6 is 11.3 Å². The van der Waals surface area contributed by atoms with Crippen molar-refractivity contribution in [3.8, 4) is 0 Å². The highest BCUT2D eigenvalue weighted by Gasteiger charge is 2.33. The Kier molecular flexibility index (Phi) is 4.33. The molecule has 106 valence electrons. The van der Waals surface area contributed by atoms with Gasteiger partial charge < -0.3 is 5.32 Å². The Morgan fingerprint density at radius 1 is 1.21 bits per heavy atom. The molecule has 0 unspecified atom stereocenters. The van der Waals surface area contributed by atoms with E-state index in [2.05, 4.69) is 27.3 Å². The van der Waals surface area contributed by atoms with E-state index in [4.69, 9.17) is 0 Å². The zero-order valence-electron chi connectivity index (χ0n) is 11.8. The van der Waals surface area contributed by atoms with Gasteiger partial charge in [-0.15, -0.1) is 10.2 Å². The zero-order chi connectivity index (χ0) is 13.1. The smallest absolute Gasteiger partial charge is 0.205 e. The second-order valence-corrected chi connectivity index (χ2v) is 6.82. The highest BCUT2D eigenvalue weighted by Crippen LogP contribution is 2.36. The van der Waals surface area contributed by atoms with Crippen LogP contribution in [-0.4, -0.2) is 34.2 Å². The Labute approximate surface area is 119 Å². The van der Waals surface area contributed by atoms with Gasteiger partial charge in [0.05, 0.1) is 6.54 Å². The molecule has 19 heavy (non-hydrogen) atoms. The number of nitrogens with zero attached hydrogens (tertiary/aromatic N) is 3. The molecule has 1 saturated heterocycles. The number of hydrogen-bond donors (Lipinski definition) is 1. The Morgan fingerprint density at radius 2 is 2.05 bits per heavy atom. The van der Waals surface area contributed by atoms with E-state index in [1.807, 2.05) is 0 Å². The highest BCUT2D eigenvalue weighted by atomic mass is 32.1. The third-order valence-electron chi connectivity index (χ3n) is 4.49. The van der Waals surface area contributed by atoms with Crippen LogP contribution in [0.4, 0.5) is 5.13 Å². The van der Waals surface area contributed by atoms with E-state index in [0.29, 0.717) is 0 Å². The second-order valence-electron chi connectivity index (χ2n) is 5.76. The molecule has 2 atom stereocenters. The van der Waals surface area contributed by atoms with E-state index in [9.17, 15) is 0 Å². The summed E-state index contributed by atoms with van der Waals surface area (Å²) in [6.45, 7) is 5.27. The van der Waals surface area contributed by atoms with Crippen molar-refractivity contribution in [1.82, 2.24) is 15.1 Å². The van der Waals surface area contributed by atoms with Crippen molar-refractivity contribution in [1.29, 1.82) is 0 Å². The number of rotatable bonds is 4. The fraction of sp³-hybridized carbons (Fsp3) is 0.857. The Bertz CT molecular complexity index is 404. The van der Waals surface area contributed by atoms with Gasteiger partial charge in [-0.05, 0) is 45.1 Å². The number of likely N-dealkylation sites (tertiary alicyclic amines) is 1. The molecule has 0 aromatic carbocycles. The van der Waals surface area contributed by atoms with Gasteiger partial charge in [-0.25, -0.2) is 0 Å². The molecule has 0 radical (unpaired) electrons. The van der Waals surface area contributed by atoms with Gasteiger partial charge in [-0.1, -0.05) is 24.2 Å². The van der Waals surface area contributed by atoms with Crippen LogP contribution in [0, 0.1) is 5.92 Å². The maximum Gasteiger partial charge on any atom is 0.205 e. The molecule has 0 spiro atoms. The number of fused-ring (bicyclic) bond motifs is 1. The quantitative estimate of drug-likeness (QED) is 0.920. The van der Waals surface area contributed by atoms with E-state index >= 15 is 0 Å². The van der Waals surface area contributed by atoms with E-state index in [1.165, 1.54) is 50.1 Å². The van der Waals surface area contributed by atoms with Gasteiger partial charge in [0, 0.05) is 12.6 Å². The summed E-state index contributed by atoms with van der Waals surface area (Å²) in [6.07, 6.45) is 8.50. The summed E-state index contributed by atoms with van der Waals surface area (Å²) in [5, 5.41) is 13.9. The summed E-state index contributed by atoms with van der Waals surface area (Å²) in [6, 6.07) is 0.814. The number of piperidine rings is 1. The monoisotopic (exact) mass is 280 g/mol. The average molecular weight is 280 g/mol. The lowest BCUT2D eigenvalue weighted by molar-refractivity contribution is 0.0545. The molecule has 0 bridgehead atoms. The van der Waals surface area contributed by atoms with Crippen molar-refractivity contribution in [2.45, 2.75) is 58.0 Å². The van der Waals surface area contributed by atoms with Crippen molar-refractivity contribution < 1.29 is 0 Å². The maximum absolute atomic E-state index is 4.33. The van der Waals surface area contributed by atoms with Crippen LogP contribution in [0.5, 0.6) is 0 Å². The number of hydrogen-bond acceptors (Lipinski definition) is 5. The summed E-state index contributed by atoms with van der Waals surface area (Å²) in [7, 11) is 0. The van der Waals surface area contributed by atoms with Gasteiger partial charge in [0.2, 0.25) is 5.13 Å². The molecule has 1 N–H and O–H groups in total. The van der Waals surface area contributed by atoms with Gasteiger partial charge in [-0.2, -0.15) is 0 Å². The lowest BCUT2D eigenvalue weighted by atomic mass is 9.78. The third kappa shape index (κ3) is 3.08. The van der Waals surface area contributed by atoms with E-state index in [0.717, 1.165) is 30.2 Å². The largest absolute Gasteiger partial charge is 0.360 e. The standard InChI is InChI=1S/C14H24N4S/c1-2-15-14-17-16-13(19-14)10-18-9-5-7-11-6-3-4-8-12(11)18/h11-12H,2-10H2,1H3,(H,15,17)/t11-,12-/m1/s1. The first-order valence-corrected chi connectivity index (χ1v) is 8.48. The molecule has 1 saturated carbocycles. The minimum Gasteiger partial charge on any atom is -0.360 e. The average Bonchev–Trinajstić information content (AvgIpc) is 2.87. The zero-order valence-corrected chi connectivity index (χ0v) is 12.6. The molecule has 1 aromatic heterocycles. The first kappa shape index (κ1) is 13.3. The summed E-state index contributed by atoms with van der Waals surface area (Å²) in [5.74, 6) is 0.948. The summed E-state index contributed by atoms with van der Waals surface area (Å²) < 4.78 is 0. The second kappa shape index (κ2) is 6.18. The van der Waals surface area contributed by atoms with Crippen molar-refractivity contribution in [3.05, 3.63) is 5.01 Å². The summed E-state index contributed by atoms with van der Waals surface area (Å²) >= 11 is 1.72. The minimum atomic E-state index is 0.814. The van der Waals surface area contributed by atoms with Gasteiger partial charge >= 0.3 is 0 Å². The fourth-order valence-electron chi connectivity index (χ4n) is 3.64. The van der Waals surface area contributed by atoms with Crippen molar-refractivity contribution >= 4 is 16.5 Å². The van der Waals surface area contributed by atoms with Gasteiger partial charge in [0.15, 0.2) is 0 Å². The van der Waals surface area contributed by atoms with E-state index in [-0.39, 0.29) is 0 Å². The van der Waals surface area contributed by atoms with E-state index in [1.54, 1.807) is 11.3 Å². The Balaban J connectivity index is 1.63. The van der Waals surface area contributed by atoms with Crippen LogP contribution in [-0.2, 0) is 6.54 Å². The third-order valence-corrected chi connectivity index (χ3v) is 5.36. The van der Waals surface area contributed by atoms with Crippen LogP contribution in [0.3, 0.4) is 0 Å². The molecule has 1 aliphatic carbocycles. The van der Waals surface area contributed by atoms with Gasteiger partial charge in [-0.3, -0.25) is 4.90 Å². The van der Waals surface area contributed by atoms with Crippen LogP contribution in [0.25, 0.3) is 0 Å². The van der Waals surface area contributed by atoms with Crippen LogP contribution < -0.4 is 5.32 Å². The molecular formula is C14H24N4S. The van der Waals surface area contributed by atoms with Gasteiger partial charge in [0.25, 0.3) is 0 Å². The molecule has 1 aliphatic heterocycles. The van der Waals surface area contributed by atoms with Crippen LogP contribution in [0.2, 0.25) is 0 Å². The summed E-state index contributed by atoms with van der Waals surface area (Å²) in [5.41, 5.74) is 0. The highest BCUT2D eigenvalue weighted by molar-refractivity contribution is 7.15. The molecule has 4 nitrogen and oxygen atoms in total. The van der Waals surface area contributed by atoms with Gasteiger partial charge in [0.1, 0.15) is 5.01 Å². The van der Waals surface area contributed by atoms with Crippen LogP contribution in [0.1, 0.15) is 50.5 Å². The normalized spacial score (nSPS) is 28.1. The fourth-order valence-corrected chi connectivity index (χ4v) is 4.47. The number of aromatic nitrogens is 2. The molecule has 1 aromatic rings. The van der Waals surface area contributed by atoms with Crippen molar-refractivity contribution in [2.75, 3.05) is 18.4 Å². The molecule has 0 amide bonds. The molecule has 3 rings (SSSR count). The predicted molar refractivity (Wildman–Crippen MR) is 79.5 cm³/mol. The molecular weight excluding hydrogens is 256 g/mol. The van der Waals surface area contributed by atoms with E-state index < -0.39 is 0 Å². The molecule has 5 heteroatoms. The number of nitrogens with one attached hydrogen (secondary N) is 1. The maximum atomic E-state index is 4.33. The molecule has 2 fully saturated rings. The minimum absolute atomic E-state index is 0.814. The predicted octanol–water partition coefficient (Wildman–Crippen LogP) is 3.12. The summed E-state index contributed by atoms with van der Waals surface area (Å²) in [4.78, 5) is 2.67. The van der Waals surface area contributed by atoms with Crippen LogP contribution in [0.15, 0.2) is 0 Å². The first-order valence-electron chi connectivity index (χ1n) is 7.67. The first-order chi connectivity index (χ1) is 9.36. The number of anilines is 1. The molecule has 2 aliphatic rings.